The fraction of sp³-hybridized carbons (Fsp3) is 0.500. The van der Waals surface area contributed by atoms with Gasteiger partial charge in [-0.25, -0.2) is 0 Å². The van der Waals surface area contributed by atoms with Gasteiger partial charge in [0.05, 0.1) is 25.5 Å². The van der Waals surface area contributed by atoms with Gasteiger partial charge in [-0.2, -0.15) is 0 Å². The molecule has 0 atom stereocenters. The van der Waals surface area contributed by atoms with Crippen molar-refractivity contribution >= 4 is 0 Å². The van der Waals surface area contributed by atoms with Crippen molar-refractivity contribution in [1.82, 2.24) is 0 Å². The summed E-state index contributed by atoms with van der Waals surface area (Å²) in [4.78, 5) is 0. The SMILES string of the molecule is C=C[N+](C=C)(CC)CC. The van der Waals surface area contributed by atoms with Crippen LogP contribution < -0.4 is 0 Å². The van der Waals surface area contributed by atoms with Crippen molar-refractivity contribution < 1.29 is 4.48 Å². The number of rotatable bonds is 4. The molecule has 0 aliphatic heterocycles. The van der Waals surface area contributed by atoms with Gasteiger partial charge in [0.25, 0.3) is 0 Å². The molecular formula is C8H16N+. The average Bonchev–Trinajstić information content (AvgIpc) is 1.95. The molecule has 0 N–H and O–H groups in total. The fourth-order valence-corrected chi connectivity index (χ4v) is 0.815. The van der Waals surface area contributed by atoms with Gasteiger partial charge in [0.1, 0.15) is 0 Å². The molecule has 0 spiro atoms. The summed E-state index contributed by atoms with van der Waals surface area (Å²) >= 11 is 0. The van der Waals surface area contributed by atoms with E-state index in [2.05, 4.69) is 27.0 Å². The first kappa shape index (κ1) is 8.44. The average molecular weight is 126 g/mol. The predicted molar refractivity (Wildman–Crippen MR) is 41.7 cm³/mol. The molecule has 1 nitrogen and oxygen atoms in total. The molecule has 0 aromatic rings. The summed E-state index contributed by atoms with van der Waals surface area (Å²) in [5.41, 5.74) is 0. The van der Waals surface area contributed by atoms with Crippen LogP contribution in [0.5, 0.6) is 0 Å². The predicted octanol–water partition coefficient (Wildman–Crippen LogP) is 2.13. The Labute approximate surface area is 57.9 Å². The maximum Gasteiger partial charge on any atom is 0.0931 e. The van der Waals surface area contributed by atoms with Gasteiger partial charge in [0.15, 0.2) is 0 Å². The third kappa shape index (κ3) is 1.68. The second kappa shape index (κ2) is 3.46. The van der Waals surface area contributed by atoms with Crippen LogP contribution in [0.3, 0.4) is 0 Å². The van der Waals surface area contributed by atoms with Gasteiger partial charge in [0, 0.05) is 0 Å². The lowest BCUT2D eigenvalue weighted by Crippen LogP contribution is -2.35. The van der Waals surface area contributed by atoms with E-state index in [-0.39, 0.29) is 0 Å². The summed E-state index contributed by atoms with van der Waals surface area (Å²) in [6, 6.07) is 0. The lowest BCUT2D eigenvalue weighted by atomic mass is 10.4. The third-order valence-corrected chi connectivity index (χ3v) is 1.90. The topological polar surface area (TPSA) is 0 Å². The quantitative estimate of drug-likeness (QED) is 0.506. The fourth-order valence-electron chi connectivity index (χ4n) is 0.815. The van der Waals surface area contributed by atoms with E-state index >= 15 is 0 Å². The highest BCUT2D eigenvalue weighted by Crippen LogP contribution is 2.05. The highest BCUT2D eigenvalue weighted by Gasteiger charge is 2.12. The van der Waals surface area contributed by atoms with Crippen LogP contribution >= 0.6 is 0 Å². The zero-order valence-electron chi connectivity index (χ0n) is 6.43. The number of hydrogen-bond donors (Lipinski definition) is 0. The van der Waals surface area contributed by atoms with Crippen molar-refractivity contribution in [3.05, 3.63) is 25.6 Å². The highest BCUT2D eigenvalue weighted by molar-refractivity contribution is 4.64. The van der Waals surface area contributed by atoms with Crippen molar-refractivity contribution in [3.63, 3.8) is 0 Å². The van der Waals surface area contributed by atoms with Crippen LogP contribution in [0.25, 0.3) is 0 Å². The molecule has 0 amide bonds. The molecule has 0 rings (SSSR count). The van der Waals surface area contributed by atoms with Crippen LogP contribution in [-0.2, 0) is 0 Å². The van der Waals surface area contributed by atoms with E-state index in [1.165, 1.54) is 0 Å². The molecule has 0 fully saturated rings. The summed E-state index contributed by atoms with van der Waals surface area (Å²) < 4.78 is 0.806. The van der Waals surface area contributed by atoms with Gasteiger partial charge in [0.2, 0.25) is 0 Å². The smallest absolute Gasteiger partial charge is 0.0931 e. The summed E-state index contributed by atoms with van der Waals surface area (Å²) in [5, 5.41) is 0. The van der Waals surface area contributed by atoms with Crippen molar-refractivity contribution in [2.75, 3.05) is 13.1 Å². The monoisotopic (exact) mass is 126 g/mol. The van der Waals surface area contributed by atoms with Crippen LogP contribution in [0, 0.1) is 0 Å². The van der Waals surface area contributed by atoms with E-state index in [9.17, 15) is 0 Å². The van der Waals surface area contributed by atoms with E-state index in [4.69, 9.17) is 0 Å². The Kier molecular flexibility index (Phi) is 3.25. The van der Waals surface area contributed by atoms with Crippen LogP contribution in [-0.4, -0.2) is 17.6 Å². The molecule has 0 unspecified atom stereocenters. The zero-order chi connectivity index (χ0) is 7.33. The minimum absolute atomic E-state index is 0.806. The molecule has 0 saturated carbocycles. The Morgan fingerprint density at radius 1 is 1.11 bits per heavy atom. The van der Waals surface area contributed by atoms with Crippen molar-refractivity contribution in [1.29, 1.82) is 0 Å². The number of quaternary nitrogens is 1. The Morgan fingerprint density at radius 2 is 1.44 bits per heavy atom. The molecule has 0 heterocycles. The van der Waals surface area contributed by atoms with E-state index in [0.717, 1.165) is 17.6 Å². The molecule has 0 radical (unpaired) electrons. The molecule has 0 bridgehead atoms. The second-order valence-electron chi connectivity index (χ2n) is 2.10. The van der Waals surface area contributed by atoms with Crippen LogP contribution in [0.2, 0.25) is 0 Å². The van der Waals surface area contributed by atoms with E-state index < -0.39 is 0 Å². The Balaban J connectivity index is 4.15. The molecular weight excluding hydrogens is 110 g/mol. The zero-order valence-corrected chi connectivity index (χ0v) is 6.43. The normalized spacial score (nSPS) is 10.9. The van der Waals surface area contributed by atoms with E-state index in [1.54, 1.807) is 0 Å². The van der Waals surface area contributed by atoms with Gasteiger partial charge in [-0.15, -0.1) is 0 Å². The number of hydrogen-bond acceptors (Lipinski definition) is 0. The minimum Gasteiger partial charge on any atom is -0.273 e. The minimum atomic E-state index is 0.806. The molecule has 0 aliphatic carbocycles. The second-order valence-corrected chi connectivity index (χ2v) is 2.10. The third-order valence-electron chi connectivity index (χ3n) is 1.90. The van der Waals surface area contributed by atoms with E-state index in [1.807, 2.05) is 12.4 Å². The summed E-state index contributed by atoms with van der Waals surface area (Å²) in [5.74, 6) is 0. The largest absolute Gasteiger partial charge is 0.273 e. The van der Waals surface area contributed by atoms with Crippen molar-refractivity contribution in [3.8, 4) is 0 Å². The molecule has 9 heavy (non-hydrogen) atoms. The van der Waals surface area contributed by atoms with Gasteiger partial charge >= 0.3 is 0 Å². The summed E-state index contributed by atoms with van der Waals surface area (Å²) in [7, 11) is 0. The van der Waals surface area contributed by atoms with Gasteiger partial charge in [-0.3, -0.25) is 4.48 Å². The van der Waals surface area contributed by atoms with E-state index in [0.29, 0.717) is 0 Å². The maximum atomic E-state index is 3.75. The standard InChI is InChI=1S/C8H16N/c1-5-9(6-2,7-3)8-4/h5-6H,1-2,7-8H2,3-4H3/q+1. The van der Waals surface area contributed by atoms with Gasteiger partial charge in [-0.1, -0.05) is 0 Å². The molecule has 52 valence electrons. The first-order valence-electron chi connectivity index (χ1n) is 3.38. The lowest BCUT2D eigenvalue weighted by Gasteiger charge is -2.26. The molecule has 0 aliphatic rings. The first-order valence-corrected chi connectivity index (χ1v) is 3.38. The summed E-state index contributed by atoms with van der Waals surface area (Å²) in [6.07, 6.45) is 3.85. The van der Waals surface area contributed by atoms with Crippen molar-refractivity contribution in [2.24, 2.45) is 0 Å². The molecule has 1 heteroatoms. The van der Waals surface area contributed by atoms with Crippen LogP contribution in [0.15, 0.2) is 25.6 Å². The lowest BCUT2D eigenvalue weighted by molar-refractivity contribution is -0.823. The highest BCUT2D eigenvalue weighted by atomic mass is 15.3. The van der Waals surface area contributed by atoms with Gasteiger partial charge in [-0.05, 0) is 27.0 Å². The molecule has 0 saturated heterocycles. The Bertz CT molecular complexity index is 91.1. The van der Waals surface area contributed by atoms with Crippen LogP contribution in [0.1, 0.15) is 13.8 Å². The summed E-state index contributed by atoms with van der Waals surface area (Å²) in [6.45, 7) is 13.8. The van der Waals surface area contributed by atoms with Crippen LogP contribution in [0.4, 0.5) is 0 Å². The Hall–Kier alpha value is -0.560. The first-order chi connectivity index (χ1) is 4.24. The maximum absolute atomic E-state index is 3.75. The van der Waals surface area contributed by atoms with Crippen molar-refractivity contribution in [2.45, 2.75) is 13.8 Å². The molecule has 0 aromatic carbocycles. The van der Waals surface area contributed by atoms with Gasteiger partial charge < -0.3 is 0 Å². The number of nitrogens with zero attached hydrogens (tertiary/aromatic N) is 1. The molecule has 0 aromatic heterocycles. The Morgan fingerprint density at radius 3 is 1.44 bits per heavy atom.